The normalized spacial score (nSPS) is 16.3. The van der Waals surface area contributed by atoms with Gasteiger partial charge in [-0.3, -0.25) is 4.79 Å². The number of piperazine rings is 1. The topological polar surface area (TPSA) is 32.8 Å². The first kappa shape index (κ1) is 18.2. The van der Waals surface area contributed by atoms with E-state index in [0.29, 0.717) is 5.75 Å². The van der Waals surface area contributed by atoms with Gasteiger partial charge in [0.05, 0.1) is 12.9 Å². The third kappa shape index (κ3) is 4.24. The molecule has 0 spiro atoms. The van der Waals surface area contributed by atoms with Crippen molar-refractivity contribution >= 4 is 23.4 Å². The minimum absolute atomic E-state index is 0.241. The fourth-order valence-electron chi connectivity index (χ4n) is 3.90. The van der Waals surface area contributed by atoms with Crippen LogP contribution in [0, 0.1) is 0 Å². The number of methoxy groups -OCH3 is 1. The number of carbonyl (C=O) groups is 1. The van der Waals surface area contributed by atoms with Crippen LogP contribution in [0.15, 0.2) is 47.4 Å². The number of thioether (sulfide) groups is 1. The Morgan fingerprint density at radius 2 is 1.85 bits per heavy atom. The first-order valence-electron chi connectivity index (χ1n) is 9.64. The predicted octanol–water partition coefficient (Wildman–Crippen LogP) is 3.62. The van der Waals surface area contributed by atoms with Gasteiger partial charge in [-0.25, -0.2) is 0 Å². The maximum atomic E-state index is 12.6. The minimum Gasteiger partial charge on any atom is -0.497 e. The standard InChI is InChI=1S/C22H26N2O2S/c1-26-20-7-3-6-19(15-20)23-10-12-24(13-11-23)22(25)16-27-21-9-8-17-4-2-5-18(17)14-21/h3,6-9,14-15H,2,4-5,10-13,16H2,1H3. The summed E-state index contributed by atoms with van der Waals surface area (Å²) in [5.74, 6) is 1.64. The van der Waals surface area contributed by atoms with Crippen molar-refractivity contribution in [1.82, 2.24) is 4.90 Å². The quantitative estimate of drug-likeness (QED) is 0.740. The average molecular weight is 383 g/mol. The maximum absolute atomic E-state index is 12.6. The molecule has 0 saturated carbocycles. The van der Waals surface area contributed by atoms with E-state index in [2.05, 4.69) is 35.2 Å². The van der Waals surface area contributed by atoms with Crippen LogP contribution in [0.5, 0.6) is 5.75 Å². The van der Waals surface area contributed by atoms with Crippen LogP contribution in [0.1, 0.15) is 17.5 Å². The van der Waals surface area contributed by atoms with Gasteiger partial charge in [-0.1, -0.05) is 12.1 Å². The minimum atomic E-state index is 0.241. The number of fused-ring (bicyclic) bond motifs is 1. The van der Waals surface area contributed by atoms with Crippen LogP contribution >= 0.6 is 11.8 Å². The fraction of sp³-hybridized carbons (Fsp3) is 0.409. The summed E-state index contributed by atoms with van der Waals surface area (Å²) < 4.78 is 5.31. The molecule has 1 heterocycles. The molecule has 1 saturated heterocycles. The number of nitrogens with zero attached hydrogens (tertiary/aromatic N) is 2. The van der Waals surface area contributed by atoms with Gasteiger partial charge in [0, 0.05) is 42.8 Å². The first-order valence-corrected chi connectivity index (χ1v) is 10.6. The van der Waals surface area contributed by atoms with E-state index >= 15 is 0 Å². The Balaban J connectivity index is 1.28. The van der Waals surface area contributed by atoms with Crippen LogP contribution in [-0.4, -0.2) is 49.8 Å². The van der Waals surface area contributed by atoms with Gasteiger partial charge in [0.25, 0.3) is 0 Å². The van der Waals surface area contributed by atoms with Crippen LogP contribution in [0.3, 0.4) is 0 Å². The van der Waals surface area contributed by atoms with Crippen LogP contribution < -0.4 is 9.64 Å². The molecule has 0 N–H and O–H groups in total. The molecule has 2 aromatic carbocycles. The molecular weight excluding hydrogens is 356 g/mol. The first-order chi connectivity index (χ1) is 13.2. The molecule has 2 aliphatic rings. The number of hydrogen-bond acceptors (Lipinski definition) is 4. The van der Waals surface area contributed by atoms with E-state index in [4.69, 9.17) is 4.74 Å². The summed E-state index contributed by atoms with van der Waals surface area (Å²) in [6.45, 7) is 3.28. The van der Waals surface area contributed by atoms with Gasteiger partial charge in [-0.2, -0.15) is 0 Å². The number of aryl methyl sites for hydroxylation is 2. The van der Waals surface area contributed by atoms with E-state index in [-0.39, 0.29) is 5.91 Å². The zero-order chi connectivity index (χ0) is 18.6. The number of amides is 1. The molecule has 0 radical (unpaired) electrons. The monoisotopic (exact) mass is 382 g/mol. The van der Waals surface area contributed by atoms with E-state index in [1.165, 1.54) is 35.3 Å². The maximum Gasteiger partial charge on any atom is 0.233 e. The molecule has 4 nitrogen and oxygen atoms in total. The van der Waals surface area contributed by atoms with Crippen molar-refractivity contribution in [3.05, 3.63) is 53.6 Å². The molecule has 2 aromatic rings. The summed E-state index contributed by atoms with van der Waals surface area (Å²) in [5, 5.41) is 0. The second-order valence-corrected chi connectivity index (χ2v) is 8.19. The van der Waals surface area contributed by atoms with Gasteiger partial charge in [-0.15, -0.1) is 11.8 Å². The molecular formula is C22H26N2O2S. The molecule has 1 amide bonds. The van der Waals surface area contributed by atoms with E-state index in [1.807, 2.05) is 17.0 Å². The summed E-state index contributed by atoms with van der Waals surface area (Å²) in [5.41, 5.74) is 4.12. The van der Waals surface area contributed by atoms with Gasteiger partial charge in [-0.05, 0) is 54.7 Å². The predicted molar refractivity (Wildman–Crippen MR) is 111 cm³/mol. The van der Waals surface area contributed by atoms with Gasteiger partial charge in [0.15, 0.2) is 0 Å². The van der Waals surface area contributed by atoms with Gasteiger partial charge in [0.1, 0.15) is 5.75 Å². The van der Waals surface area contributed by atoms with Crippen LogP contribution in [-0.2, 0) is 17.6 Å². The smallest absolute Gasteiger partial charge is 0.233 e. The summed E-state index contributed by atoms with van der Waals surface area (Å²) in [7, 11) is 1.69. The van der Waals surface area contributed by atoms with E-state index in [9.17, 15) is 4.79 Å². The number of rotatable bonds is 5. The number of benzene rings is 2. The van der Waals surface area contributed by atoms with E-state index in [1.54, 1.807) is 18.9 Å². The lowest BCUT2D eigenvalue weighted by molar-refractivity contribution is -0.128. The molecule has 1 aliphatic heterocycles. The Bertz CT molecular complexity index is 816. The molecule has 27 heavy (non-hydrogen) atoms. The molecule has 0 aromatic heterocycles. The molecule has 142 valence electrons. The summed E-state index contributed by atoms with van der Waals surface area (Å²) in [6, 6.07) is 14.8. The fourth-order valence-corrected chi connectivity index (χ4v) is 4.76. The van der Waals surface area contributed by atoms with Crippen LogP contribution in [0.25, 0.3) is 0 Å². The lowest BCUT2D eigenvalue weighted by Gasteiger charge is -2.36. The highest BCUT2D eigenvalue weighted by Gasteiger charge is 2.21. The summed E-state index contributed by atoms with van der Waals surface area (Å²) in [6.07, 6.45) is 3.65. The van der Waals surface area contributed by atoms with Crippen LogP contribution in [0.2, 0.25) is 0 Å². The molecule has 4 rings (SSSR count). The molecule has 1 fully saturated rings. The highest BCUT2D eigenvalue weighted by molar-refractivity contribution is 8.00. The van der Waals surface area contributed by atoms with Crippen molar-refractivity contribution < 1.29 is 9.53 Å². The third-order valence-corrected chi connectivity index (χ3v) is 6.46. The number of hydrogen-bond donors (Lipinski definition) is 0. The van der Waals surface area contributed by atoms with Crippen molar-refractivity contribution in [2.45, 2.75) is 24.2 Å². The van der Waals surface area contributed by atoms with E-state index < -0.39 is 0 Å². The molecule has 1 aliphatic carbocycles. The largest absolute Gasteiger partial charge is 0.497 e. The zero-order valence-corrected chi connectivity index (χ0v) is 16.6. The highest BCUT2D eigenvalue weighted by Crippen LogP contribution is 2.28. The van der Waals surface area contributed by atoms with Crippen molar-refractivity contribution in [3.8, 4) is 5.75 Å². The van der Waals surface area contributed by atoms with Crippen molar-refractivity contribution in [1.29, 1.82) is 0 Å². The molecule has 0 unspecified atom stereocenters. The molecule has 0 atom stereocenters. The number of ether oxygens (including phenoxy) is 1. The SMILES string of the molecule is COc1cccc(N2CCN(C(=O)CSc3ccc4c(c3)CCC4)CC2)c1. The Kier molecular flexibility index (Phi) is 5.58. The van der Waals surface area contributed by atoms with Gasteiger partial charge < -0.3 is 14.5 Å². The Morgan fingerprint density at radius 3 is 2.67 bits per heavy atom. The second kappa shape index (κ2) is 8.26. The van der Waals surface area contributed by atoms with Gasteiger partial charge >= 0.3 is 0 Å². The molecule has 5 heteroatoms. The summed E-state index contributed by atoms with van der Waals surface area (Å²) in [4.78, 5) is 18.2. The molecule has 0 bridgehead atoms. The lowest BCUT2D eigenvalue weighted by atomic mass is 10.1. The highest BCUT2D eigenvalue weighted by atomic mass is 32.2. The van der Waals surface area contributed by atoms with Crippen molar-refractivity contribution in [2.24, 2.45) is 0 Å². The average Bonchev–Trinajstić information content (AvgIpc) is 3.20. The van der Waals surface area contributed by atoms with Crippen LogP contribution in [0.4, 0.5) is 5.69 Å². The Labute approximate surface area is 165 Å². The number of anilines is 1. The Hall–Kier alpha value is -2.14. The lowest BCUT2D eigenvalue weighted by Crippen LogP contribution is -2.49. The Morgan fingerprint density at radius 1 is 1.04 bits per heavy atom. The van der Waals surface area contributed by atoms with Gasteiger partial charge in [0.2, 0.25) is 5.91 Å². The van der Waals surface area contributed by atoms with Crippen molar-refractivity contribution in [3.63, 3.8) is 0 Å². The second-order valence-electron chi connectivity index (χ2n) is 7.14. The third-order valence-electron chi connectivity index (χ3n) is 5.48. The number of carbonyl (C=O) groups excluding carboxylic acids is 1. The zero-order valence-electron chi connectivity index (χ0n) is 15.8. The summed E-state index contributed by atoms with van der Waals surface area (Å²) >= 11 is 1.67. The van der Waals surface area contributed by atoms with E-state index in [0.717, 1.165) is 37.6 Å². The van der Waals surface area contributed by atoms with Crippen molar-refractivity contribution in [2.75, 3.05) is 43.9 Å².